The number of likely N-dealkylation sites (tertiary alicyclic amines) is 1. The third-order valence-corrected chi connectivity index (χ3v) is 5.41. The lowest BCUT2D eigenvalue weighted by Crippen LogP contribution is -2.42. The van der Waals surface area contributed by atoms with Crippen LogP contribution in [0.25, 0.3) is 0 Å². The van der Waals surface area contributed by atoms with Crippen LogP contribution in [-0.4, -0.2) is 29.9 Å². The predicted molar refractivity (Wildman–Crippen MR) is 112 cm³/mol. The molecule has 0 saturated carbocycles. The van der Waals surface area contributed by atoms with Crippen LogP contribution in [0.4, 0.5) is 10.5 Å². The van der Waals surface area contributed by atoms with Gasteiger partial charge in [0.05, 0.1) is 0 Å². The van der Waals surface area contributed by atoms with Gasteiger partial charge in [-0.1, -0.05) is 48.0 Å². The first-order chi connectivity index (χ1) is 13.6. The number of anilines is 1. The minimum absolute atomic E-state index is 0.0192. The van der Waals surface area contributed by atoms with E-state index in [1.165, 1.54) is 0 Å². The molecule has 0 spiro atoms. The van der Waals surface area contributed by atoms with Crippen LogP contribution >= 0.6 is 11.6 Å². The number of nitrogens with zero attached hydrogens (tertiary/aromatic N) is 1. The van der Waals surface area contributed by atoms with E-state index in [0.717, 1.165) is 37.1 Å². The van der Waals surface area contributed by atoms with Crippen LogP contribution in [0.2, 0.25) is 5.02 Å². The third-order valence-electron chi connectivity index (χ3n) is 5.04. The number of hydrogen-bond donors (Lipinski definition) is 2. The molecule has 6 heteroatoms. The van der Waals surface area contributed by atoms with Crippen molar-refractivity contribution in [2.45, 2.75) is 32.2 Å². The third kappa shape index (κ3) is 5.99. The van der Waals surface area contributed by atoms with Crippen molar-refractivity contribution in [2.24, 2.45) is 5.92 Å². The summed E-state index contributed by atoms with van der Waals surface area (Å²) in [5.74, 6) is 0.368. The second-order valence-corrected chi connectivity index (χ2v) is 7.56. The molecule has 1 saturated heterocycles. The molecule has 1 aliphatic heterocycles. The van der Waals surface area contributed by atoms with Gasteiger partial charge in [0.15, 0.2) is 0 Å². The lowest BCUT2D eigenvalue weighted by atomic mass is 9.93. The summed E-state index contributed by atoms with van der Waals surface area (Å²) in [4.78, 5) is 26.5. The normalized spacial score (nSPS) is 16.5. The van der Waals surface area contributed by atoms with Gasteiger partial charge in [-0.05, 0) is 48.9 Å². The van der Waals surface area contributed by atoms with E-state index in [1.54, 1.807) is 0 Å². The largest absolute Gasteiger partial charge is 0.352 e. The van der Waals surface area contributed by atoms with E-state index >= 15 is 0 Å². The van der Waals surface area contributed by atoms with E-state index in [9.17, 15) is 9.59 Å². The van der Waals surface area contributed by atoms with Crippen LogP contribution in [0.3, 0.4) is 0 Å². The summed E-state index contributed by atoms with van der Waals surface area (Å²) in [5, 5.41) is 6.53. The highest BCUT2D eigenvalue weighted by molar-refractivity contribution is 6.31. The molecule has 1 heterocycles. The topological polar surface area (TPSA) is 61.4 Å². The zero-order valence-electron chi connectivity index (χ0n) is 15.9. The maximum absolute atomic E-state index is 12.5. The van der Waals surface area contributed by atoms with Crippen LogP contribution in [-0.2, 0) is 11.3 Å². The number of benzene rings is 2. The molecular formula is C22H26ClN3O2. The van der Waals surface area contributed by atoms with Crippen molar-refractivity contribution in [3.63, 3.8) is 0 Å². The molecule has 2 N–H and O–H groups in total. The maximum atomic E-state index is 12.5. The molecule has 148 valence electrons. The Labute approximate surface area is 171 Å². The van der Waals surface area contributed by atoms with Gasteiger partial charge in [-0.3, -0.25) is 4.79 Å². The maximum Gasteiger partial charge on any atom is 0.321 e. The molecule has 0 unspecified atom stereocenters. The summed E-state index contributed by atoms with van der Waals surface area (Å²) in [5.41, 5.74) is 1.72. The van der Waals surface area contributed by atoms with Gasteiger partial charge in [0.25, 0.3) is 0 Å². The first kappa shape index (κ1) is 20.2. The van der Waals surface area contributed by atoms with Gasteiger partial charge in [-0.2, -0.15) is 0 Å². The Hall–Kier alpha value is -2.53. The second kappa shape index (κ2) is 10.1. The Morgan fingerprint density at radius 3 is 2.61 bits per heavy atom. The molecule has 3 amide bonds. The Morgan fingerprint density at radius 1 is 1.07 bits per heavy atom. The molecule has 5 nitrogen and oxygen atoms in total. The smallest absolute Gasteiger partial charge is 0.321 e. The van der Waals surface area contributed by atoms with Crippen molar-refractivity contribution in [3.8, 4) is 0 Å². The highest BCUT2D eigenvalue weighted by Gasteiger charge is 2.24. The zero-order chi connectivity index (χ0) is 19.8. The van der Waals surface area contributed by atoms with Gasteiger partial charge in [-0.15, -0.1) is 0 Å². The van der Waals surface area contributed by atoms with Gasteiger partial charge in [0, 0.05) is 36.8 Å². The average Bonchev–Trinajstić information content (AvgIpc) is 2.72. The van der Waals surface area contributed by atoms with E-state index in [-0.39, 0.29) is 11.9 Å². The number of carbonyl (C=O) groups excluding carboxylic acids is 2. The van der Waals surface area contributed by atoms with Crippen molar-refractivity contribution < 1.29 is 9.59 Å². The van der Waals surface area contributed by atoms with Crippen molar-refractivity contribution >= 4 is 29.2 Å². The minimum Gasteiger partial charge on any atom is -0.352 e. The molecule has 2 aromatic rings. The number of urea groups is 1. The van der Waals surface area contributed by atoms with Crippen molar-refractivity contribution in [1.29, 1.82) is 0 Å². The quantitative estimate of drug-likeness (QED) is 0.740. The number of para-hydroxylation sites is 1. The second-order valence-electron chi connectivity index (χ2n) is 7.16. The molecule has 3 rings (SSSR count). The highest BCUT2D eigenvalue weighted by atomic mass is 35.5. The van der Waals surface area contributed by atoms with Crippen LogP contribution in [0.15, 0.2) is 54.6 Å². The van der Waals surface area contributed by atoms with E-state index in [2.05, 4.69) is 10.6 Å². The van der Waals surface area contributed by atoms with Crippen molar-refractivity contribution in [3.05, 3.63) is 65.2 Å². The molecule has 28 heavy (non-hydrogen) atoms. The molecule has 1 aliphatic rings. The molecule has 0 aromatic heterocycles. The summed E-state index contributed by atoms with van der Waals surface area (Å²) in [6.07, 6.45) is 3.26. The summed E-state index contributed by atoms with van der Waals surface area (Å²) in [7, 11) is 0. The molecule has 2 aromatic carbocycles. The minimum atomic E-state index is -0.0703. The molecule has 1 atom stereocenters. The number of piperidine rings is 1. The Balaban J connectivity index is 1.41. The summed E-state index contributed by atoms with van der Waals surface area (Å²) in [6, 6.07) is 16.9. The zero-order valence-corrected chi connectivity index (χ0v) is 16.6. The van der Waals surface area contributed by atoms with Gasteiger partial charge >= 0.3 is 6.03 Å². The number of carbonyl (C=O) groups is 2. The molecule has 0 radical (unpaired) electrons. The first-order valence-corrected chi connectivity index (χ1v) is 10.1. The van der Waals surface area contributed by atoms with Crippen LogP contribution in [0.1, 0.15) is 31.2 Å². The van der Waals surface area contributed by atoms with Crippen molar-refractivity contribution in [1.82, 2.24) is 10.2 Å². The van der Waals surface area contributed by atoms with Crippen LogP contribution in [0.5, 0.6) is 0 Å². The lowest BCUT2D eigenvalue weighted by Gasteiger charge is -2.32. The number of hydrogen-bond acceptors (Lipinski definition) is 2. The molecule has 0 aliphatic carbocycles. The fraction of sp³-hybridized carbons (Fsp3) is 0.364. The van der Waals surface area contributed by atoms with E-state index in [4.69, 9.17) is 11.6 Å². The number of amides is 3. The Kier molecular flexibility index (Phi) is 7.31. The first-order valence-electron chi connectivity index (χ1n) is 9.73. The molecule has 0 bridgehead atoms. The van der Waals surface area contributed by atoms with Gasteiger partial charge in [0.2, 0.25) is 5.91 Å². The number of halogens is 1. The summed E-state index contributed by atoms with van der Waals surface area (Å²) in [6.45, 7) is 1.89. The monoisotopic (exact) mass is 399 g/mol. The van der Waals surface area contributed by atoms with E-state index in [1.807, 2.05) is 59.5 Å². The SMILES string of the molecule is O=C(CC[C@@H]1CCCN(C(=O)Nc2ccccc2)C1)NCc1ccccc1Cl. The number of rotatable bonds is 6. The van der Waals surface area contributed by atoms with Crippen molar-refractivity contribution in [2.75, 3.05) is 18.4 Å². The van der Waals surface area contributed by atoms with E-state index in [0.29, 0.717) is 30.5 Å². The van der Waals surface area contributed by atoms with Gasteiger partial charge in [0.1, 0.15) is 0 Å². The summed E-state index contributed by atoms with van der Waals surface area (Å²) >= 11 is 6.12. The standard InChI is InChI=1S/C22H26ClN3O2/c23-20-11-5-4-8-18(20)15-24-21(27)13-12-17-7-6-14-26(16-17)22(28)25-19-9-2-1-3-10-19/h1-5,8-11,17H,6-7,12-16H2,(H,24,27)(H,25,28)/t17-/m0/s1. The summed E-state index contributed by atoms with van der Waals surface area (Å²) < 4.78 is 0. The molecular weight excluding hydrogens is 374 g/mol. The molecule has 1 fully saturated rings. The van der Waals surface area contributed by atoms with Gasteiger partial charge < -0.3 is 15.5 Å². The fourth-order valence-corrected chi connectivity index (χ4v) is 3.67. The fourth-order valence-electron chi connectivity index (χ4n) is 3.47. The number of nitrogens with one attached hydrogen (secondary N) is 2. The van der Waals surface area contributed by atoms with Crippen LogP contribution < -0.4 is 10.6 Å². The van der Waals surface area contributed by atoms with Crippen LogP contribution in [0, 0.1) is 5.92 Å². The predicted octanol–water partition coefficient (Wildman–Crippen LogP) is 4.68. The van der Waals surface area contributed by atoms with Gasteiger partial charge in [-0.25, -0.2) is 4.79 Å². The Morgan fingerprint density at radius 2 is 1.82 bits per heavy atom. The Bertz CT molecular complexity index is 797. The highest BCUT2D eigenvalue weighted by Crippen LogP contribution is 2.22. The van der Waals surface area contributed by atoms with E-state index < -0.39 is 0 Å². The average molecular weight is 400 g/mol. The lowest BCUT2D eigenvalue weighted by molar-refractivity contribution is -0.121.